The van der Waals surface area contributed by atoms with Crippen LogP contribution in [0, 0.1) is 0 Å². The van der Waals surface area contributed by atoms with Gasteiger partial charge in [-0.15, -0.1) is 0 Å². The standard InChI is InChI=1S/C9H13N5/c1-8(2)14-9(11-6-12-14)5-13-4-3-10-7-13/h3-4,6-8H,5H2,1-2H3. The Kier molecular flexibility index (Phi) is 2.30. The molecule has 2 aromatic rings. The molecule has 0 aromatic carbocycles. The highest BCUT2D eigenvalue weighted by atomic mass is 15.4. The quantitative estimate of drug-likeness (QED) is 0.730. The van der Waals surface area contributed by atoms with E-state index >= 15 is 0 Å². The van der Waals surface area contributed by atoms with Crippen LogP contribution in [0.3, 0.4) is 0 Å². The van der Waals surface area contributed by atoms with Crippen molar-refractivity contribution in [1.82, 2.24) is 24.3 Å². The Morgan fingerprint density at radius 2 is 2.29 bits per heavy atom. The maximum Gasteiger partial charge on any atom is 0.147 e. The average molecular weight is 191 g/mol. The summed E-state index contributed by atoms with van der Waals surface area (Å²) in [6, 6.07) is 0.344. The van der Waals surface area contributed by atoms with Crippen molar-refractivity contribution < 1.29 is 0 Å². The van der Waals surface area contributed by atoms with Crippen LogP contribution in [0.25, 0.3) is 0 Å². The summed E-state index contributed by atoms with van der Waals surface area (Å²) < 4.78 is 3.89. The molecule has 5 nitrogen and oxygen atoms in total. The first-order valence-electron chi connectivity index (χ1n) is 4.61. The fraction of sp³-hybridized carbons (Fsp3) is 0.444. The van der Waals surface area contributed by atoms with Crippen LogP contribution in [0.4, 0.5) is 0 Å². The molecule has 74 valence electrons. The maximum atomic E-state index is 4.22. The van der Waals surface area contributed by atoms with E-state index in [1.807, 2.05) is 15.4 Å². The number of imidazole rings is 1. The fourth-order valence-corrected chi connectivity index (χ4v) is 1.36. The van der Waals surface area contributed by atoms with E-state index in [0.29, 0.717) is 6.04 Å². The summed E-state index contributed by atoms with van der Waals surface area (Å²) in [5.41, 5.74) is 0. The topological polar surface area (TPSA) is 48.5 Å². The molecule has 0 fully saturated rings. The van der Waals surface area contributed by atoms with Gasteiger partial charge in [0.05, 0.1) is 12.9 Å². The third kappa shape index (κ3) is 1.66. The van der Waals surface area contributed by atoms with E-state index in [-0.39, 0.29) is 0 Å². The Morgan fingerprint density at radius 3 is 2.93 bits per heavy atom. The van der Waals surface area contributed by atoms with Gasteiger partial charge in [0, 0.05) is 18.4 Å². The van der Waals surface area contributed by atoms with Gasteiger partial charge in [-0.25, -0.2) is 14.6 Å². The predicted octanol–water partition coefficient (Wildman–Crippen LogP) is 1.10. The van der Waals surface area contributed by atoms with E-state index in [1.54, 1.807) is 18.9 Å². The fourth-order valence-electron chi connectivity index (χ4n) is 1.36. The molecular weight excluding hydrogens is 178 g/mol. The largest absolute Gasteiger partial charge is 0.330 e. The molecule has 0 aliphatic carbocycles. The Hall–Kier alpha value is -1.65. The van der Waals surface area contributed by atoms with Gasteiger partial charge < -0.3 is 4.57 Å². The van der Waals surface area contributed by atoms with Crippen LogP contribution in [0.1, 0.15) is 25.7 Å². The predicted molar refractivity (Wildman–Crippen MR) is 51.7 cm³/mol. The molecule has 2 aromatic heterocycles. The third-order valence-corrected chi connectivity index (χ3v) is 2.02. The van der Waals surface area contributed by atoms with Crippen LogP contribution in [-0.4, -0.2) is 24.3 Å². The van der Waals surface area contributed by atoms with Gasteiger partial charge in [0.25, 0.3) is 0 Å². The summed E-state index contributed by atoms with van der Waals surface area (Å²) >= 11 is 0. The molecule has 0 saturated carbocycles. The summed E-state index contributed by atoms with van der Waals surface area (Å²) in [6.07, 6.45) is 7.04. The summed E-state index contributed by atoms with van der Waals surface area (Å²) in [6.45, 7) is 4.90. The lowest BCUT2D eigenvalue weighted by Gasteiger charge is -2.09. The SMILES string of the molecule is CC(C)n1ncnc1Cn1ccnc1. The van der Waals surface area contributed by atoms with Crippen molar-refractivity contribution in [2.45, 2.75) is 26.4 Å². The van der Waals surface area contributed by atoms with Crippen molar-refractivity contribution in [1.29, 1.82) is 0 Å². The zero-order valence-electron chi connectivity index (χ0n) is 8.33. The van der Waals surface area contributed by atoms with E-state index in [4.69, 9.17) is 0 Å². The highest BCUT2D eigenvalue weighted by Gasteiger charge is 2.07. The minimum absolute atomic E-state index is 0.344. The number of hydrogen-bond donors (Lipinski definition) is 0. The van der Waals surface area contributed by atoms with Crippen LogP contribution >= 0.6 is 0 Å². The number of aromatic nitrogens is 5. The molecular formula is C9H13N5. The first kappa shape index (κ1) is 8.93. The van der Waals surface area contributed by atoms with Crippen molar-refractivity contribution >= 4 is 0 Å². The van der Waals surface area contributed by atoms with E-state index in [0.717, 1.165) is 12.4 Å². The second kappa shape index (κ2) is 3.61. The lowest BCUT2D eigenvalue weighted by Crippen LogP contribution is -2.11. The molecule has 0 atom stereocenters. The molecule has 2 rings (SSSR count). The van der Waals surface area contributed by atoms with Crippen LogP contribution in [0.15, 0.2) is 25.0 Å². The molecule has 0 amide bonds. The van der Waals surface area contributed by atoms with Gasteiger partial charge >= 0.3 is 0 Å². The zero-order valence-corrected chi connectivity index (χ0v) is 8.33. The van der Waals surface area contributed by atoms with Crippen LogP contribution in [0.2, 0.25) is 0 Å². The molecule has 0 radical (unpaired) electrons. The second-order valence-corrected chi connectivity index (χ2v) is 3.45. The Labute approximate surface area is 82.4 Å². The van der Waals surface area contributed by atoms with Crippen molar-refractivity contribution in [3.63, 3.8) is 0 Å². The Bertz CT molecular complexity index is 387. The van der Waals surface area contributed by atoms with Gasteiger partial charge in [0.1, 0.15) is 12.2 Å². The summed E-state index contributed by atoms with van der Waals surface area (Å²) in [5, 5.41) is 4.17. The van der Waals surface area contributed by atoms with Crippen LogP contribution in [-0.2, 0) is 6.54 Å². The lowest BCUT2D eigenvalue weighted by atomic mass is 10.4. The molecule has 5 heteroatoms. The van der Waals surface area contributed by atoms with E-state index < -0.39 is 0 Å². The monoisotopic (exact) mass is 191 g/mol. The zero-order chi connectivity index (χ0) is 9.97. The first-order valence-corrected chi connectivity index (χ1v) is 4.61. The Morgan fingerprint density at radius 1 is 1.43 bits per heavy atom. The van der Waals surface area contributed by atoms with E-state index in [2.05, 4.69) is 28.9 Å². The third-order valence-electron chi connectivity index (χ3n) is 2.02. The van der Waals surface area contributed by atoms with Gasteiger partial charge in [-0.05, 0) is 13.8 Å². The van der Waals surface area contributed by atoms with Gasteiger partial charge in [-0.3, -0.25) is 0 Å². The lowest BCUT2D eigenvalue weighted by molar-refractivity contribution is 0.496. The molecule has 0 spiro atoms. The van der Waals surface area contributed by atoms with Gasteiger partial charge in [0.15, 0.2) is 0 Å². The van der Waals surface area contributed by atoms with Gasteiger partial charge in [-0.2, -0.15) is 5.10 Å². The molecule has 0 unspecified atom stereocenters. The molecule has 0 saturated heterocycles. The smallest absolute Gasteiger partial charge is 0.147 e. The highest BCUT2D eigenvalue weighted by Crippen LogP contribution is 2.06. The first-order chi connectivity index (χ1) is 6.77. The van der Waals surface area contributed by atoms with E-state index in [9.17, 15) is 0 Å². The average Bonchev–Trinajstić information content (AvgIpc) is 2.75. The van der Waals surface area contributed by atoms with Crippen molar-refractivity contribution in [2.24, 2.45) is 0 Å². The highest BCUT2D eigenvalue weighted by molar-refractivity contribution is 4.89. The minimum atomic E-state index is 0.344. The summed E-state index contributed by atoms with van der Waals surface area (Å²) in [7, 11) is 0. The number of rotatable bonds is 3. The summed E-state index contributed by atoms with van der Waals surface area (Å²) in [5.74, 6) is 0.956. The normalized spacial score (nSPS) is 11.1. The molecule has 2 heterocycles. The van der Waals surface area contributed by atoms with Gasteiger partial charge in [-0.1, -0.05) is 0 Å². The van der Waals surface area contributed by atoms with Crippen molar-refractivity contribution in [3.8, 4) is 0 Å². The number of hydrogen-bond acceptors (Lipinski definition) is 3. The molecule has 0 aliphatic heterocycles. The second-order valence-electron chi connectivity index (χ2n) is 3.45. The number of nitrogens with zero attached hydrogens (tertiary/aromatic N) is 5. The maximum absolute atomic E-state index is 4.22. The summed E-state index contributed by atoms with van der Waals surface area (Å²) in [4.78, 5) is 8.20. The molecule has 0 N–H and O–H groups in total. The molecule has 0 aliphatic rings. The molecule has 14 heavy (non-hydrogen) atoms. The Balaban J connectivity index is 2.21. The van der Waals surface area contributed by atoms with Crippen LogP contribution in [0.5, 0.6) is 0 Å². The van der Waals surface area contributed by atoms with Crippen molar-refractivity contribution in [2.75, 3.05) is 0 Å². The van der Waals surface area contributed by atoms with Gasteiger partial charge in [0.2, 0.25) is 0 Å². The van der Waals surface area contributed by atoms with Crippen LogP contribution < -0.4 is 0 Å². The minimum Gasteiger partial charge on any atom is -0.330 e. The van der Waals surface area contributed by atoms with E-state index in [1.165, 1.54) is 0 Å². The van der Waals surface area contributed by atoms with Crippen molar-refractivity contribution in [3.05, 3.63) is 30.9 Å². The molecule has 0 bridgehead atoms.